The lowest BCUT2D eigenvalue weighted by molar-refractivity contribution is -0.122. The first-order valence-electron chi connectivity index (χ1n) is 6.98. The smallest absolute Gasteiger partial charge is 0.221 e. The molecule has 0 saturated carbocycles. The highest BCUT2D eigenvalue weighted by Gasteiger charge is 2.23. The number of carbonyl (C=O) groups excluding carboxylic acids is 1. The monoisotopic (exact) mass is 340 g/mol. The van der Waals surface area contributed by atoms with Gasteiger partial charge in [-0.2, -0.15) is 0 Å². The molecule has 0 bridgehead atoms. The van der Waals surface area contributed by atoms with Crippen LogP contribution >= 0.6 is 15.9 Å². The molecule has 0 aliphatic rings. The molecule has 112 valence electrons. The summed E-state index contributed by atoms with van der Waals surface area (Å²) in [7, 11) is 0. The molecule has 0 aliphatic heterocycles. The minimum absolute atomic E-state index is 0.0250. The van der Waals surface area contributed by atoms with Crippen molar-refractivity contribution in [3.63, 3.8) is 0 Å². The van der Waals surface area contributed by atoms with Gasteiger partial charge in [0.15, 0.2) is 0 Å². The maximum Gasteiger partial charge on any atom is 0.221 e. The lowest BCUT2D eigenvalue weighted by Crippen LogP contribution is -2.42. The number of halogens is 1. The van der Waals surface area contributed by atoms with E-state index >= 15 is 0 Å². The number of nitrogens with two attached hydrogens (primary N) is 1. The number of rotatable bonds is 5. The van der Waals surface area contributed by atoms with Crippen LogP contribution in [0.1, 0.15) is 39.7 Å². The third-order valence-electron chi connectivity index (χ3n) is 3.38. The molecule has 0 saturated heterocycles. The minimum atomic E-state index is -0.123. The maximum atomic E-state index is 12.0. The predicted octanol–water partition coefficient (Wildman–Crippen LogP) is 3.26. The van der Waals surface area contributed by atoms with Crippen LogP contribution in [0.25, 0.3) is 0 Å². The van der Waals surface area contributed by atoms with Crippen LogP contribution in [0.15, 0.2) is 28.7 Å². The average molecular weight is 341 g/mol. The lowest BCUT2D eigenvalue weighted by Gasteiger charge is -2.27. The molecule has 0 radical (unpaired) electrons. The highest BCUT2D eigenvalue weighted by Crippen LogP contribution is 2.19. The molecule has 20 heavy (non-hydrogen) atoms. The zero-order valence-corrected chi connectivity index (χ0v) is 14.3. The van der Waals surface area contributed by atoms with E-state index in [0.29, 0.717) is 6.42 Å². The van der Waals surface area contributed by atoms with Gasteiger partial charge in [-0.05, 0) is 36.5 Å². The third kappa shape index (κ3) is 6.06. The van der Waals surface area contributed by atoms with Gasteiger partial charge in [-0.25, -0.2) is 0 Å². The molecule has 0 aromatic heterocycles. The minimum Gasteiger partial charge on any atom is -0.353 e. The highest BCUT2D eigenvalue weighted by atomic mass is 79.9. The van der Waals surface area contributed by atoms with E-state index in [4.69, 9.17) is 5.73 Å². The molecule has 0 spiro atoms. The van der Waals surface area contributed by atoms with Crippen LogP contribution in [0, 0.1) is 5.41 Å². The van der Waals surface area contributed by atoms with Crippen LogP contribution in [-0.4, -0.2) is 18.0 Å². The molecule has 0 fully saturated rings. The molecule has 3 N–H and O–H groups in total. The Hall–Kier alpha value is -0.870. The van der Waals surface area contributed by atoms with E-state index in [9.17, 15) is 4.79 Å². The van der Waals surface area contributed by atoms with Crippen LogP contribution in [-0.2, 0) is 11.2 Å². The summed E-state index contributed by atoms with van der Waals surface area (Å²) in [4.78, 5) is 12.0. The molecule has 4 heteroatoms. The van der Waals surface area contributed by atoms with E-state index in [1.54, 1.807) is 0 Å². The largest absolute Gasteiger partial charge is 0.353 e. The fourth-order valence-corrected chi connectivity index (χ4v) is 2.13. The summed E-state index contributed by atoms with van der Waals surface area (Å²) in [6.45, 7) is 8.17. The summed E-state index contributed by atoms with van der Waals surface area (Å²) in [5, 5.41) is 3.02. The van der Waals surface area contributed by atoms with Crippen LogP contribution < -0.4 is 11.1 Å². The zero-order chi connectivity index (χ0) is 15.3. The molecule has 2 unspecified atom stereocenters. The van der Waals surface area contributed by atoms with E-state index in [-0.39, 0.29) is 23.4 Å². The number of carbonyl (C=O) groups is 1. The fourth-order valence-electron chi connectivity index (χ4n) is 1.86. The Kier molecular flexibility index (Phi) is 6.21. The molecular weight excluding hydrogens is 316 g/mol. The first-order chi connectivity index (χ1) is 9.18. The van der Waals surface area contributed by atoms with Gasteiger partial charge in [0, 0.05) is 23.0 Å². The van der Waals surface area contributed by atoms with Gasteiger partial charge in [-0.15, -0.1) is 0 Å². The van der Waals surface area contributed by atoms with E-state index < -0.39 is 0 Å². The molecule has 1 rings (SSSR count). The summed E-state index contributed by atoms with van der Waals surface area (Å²) >= 11 is 3.41. The van der Waals surface area contributed by atoms with Gasteiger partial charge >= 0.3 is 0 Å². The Labute approximate surface area is 130 Å². The second-order valence-electron chi connectivity index (χ2n) is 6.48. The summed E-state index contributed by atoms with van der Waals surface area (Å²) in [5.41, 5.74) is 7.19. The van der Waals surface area contributed by atoms with Gasteiger partial charge < -0.3 is 11.1 Å². The molecule has 1 aromatic rings. The summed E-state index contributed by atoms with van der Waals surface area (Å²) < 4.78 is 1.06. The molecule has 3 nitrogen and oxygen atoms in total. The van der Waals surface area contributed by atoms with Crippen molar-refractivity contribution in [3.8, 4) is 0 Å². The van der Waals surface area contributed by atoms with Crippen LogP contribution in [0.5, 0.6) is 0 Å². The second kappa shape index (κ2) is 7.23. The lowest BCUT2D eigenvalue weighted by atomic mass is 9.85. The first-order valence-corrected chi connectivity index (χ1v) is 7.77. The molecule has 1 amide bonds. The van der Waals surface area contributed by atoms with Crippen molar-refractivity contribution < 1.29 is 4.79 Å². The summed E-state index contributed by atoms with van der Waals surface area (Å²) in [6, 6.07) is 8.14. The third-order valence-corrected chi connectivity index (χ3v) is 3.91. The van der Waals surface area contributed by atoms with Gasteiger partial charge in [0.2, 0.25) is 5.91 Å². The van der Waals surface area contributed by atoms with Gasteiger partial charge in [0.25, 0.3) is 0 Å². The number of nitrogens with one attached hydrogen (secondary N) is 1. The first kappa shape index (κ1) is 17.2. The SMILES string of the molecule is CC(Cc1ccc(Br)cc1)NC(=O)CC(N)C(C)(C)C. The Bertz CT molecular complexity index is 437. The second-order valence-corrected chi connectivity index (χ2v) is 7.39. The van der Waals surface area contributed by atoms with Crippen molar-refractivity contribution >= 4 is 21.8 Å². The molecule has 1 aromatic carbocycles. The van der Waals surface area contributed by atoms with Crippen molar-refractivity contribution in [3.05, 3.63) is 34.3 Å². The van der Waals surface area contributed by atoms with Crippen molar-refractivity contribution in [2.75, 3.05) is 0 Å². The average Bonchev–Trinajstić information content (AvgIpc) is 2.30. The van der Waals surface area contributed by atoms with Crippen LogP contribution in [0.3, 0.4) is 0 Å². The van der Waals surface area contributed by atoms with Crippen LogP contribution in [0.2, 0.25) is 0 Å². The highest BCUT2D eigenvalue weighted by molar-refractivity contribution is 9.10. The number of hydrogen-bond acceptors (Lipinski definition) is 2. The predicted molar refractivity (Wildman–Crippen MR) is 87.5 cm³/mol. The van der Waals surface area contributed by atoms with E-state index in [1.807, 2.05) is 19.1 Å². The van der Waals surface area contributed by atoms with Crippen molar-refractivity contribution in [2.24, 2.45) is 11.1 Å². The number of hydrogen-bond donors (Lipinski definition) is 2. The van der Waals surface area contributed by atoms with E-state index in [2.05, 4.69) is 54.2 Å². The van der Waals surface area contributed by atoms with Crippen molar-refractivity contribution in [1.82, 2.24) is 5.32 Å². The van der Waals surface area contributed by atoms with Gasteiger partial charge in [-0.3, -0.25) is 4.79 Å². The van der Waals surface area contributed by atoms with Crippen LogP contribution in [0.4, 0.5) is 0 Å². The molecular formula is C16H25BrN2O. The number of benzene rings is 1. The van der Waals surface area contributed by atoms with Crippen molar-refractivity contribution in [1.29, 1.82) is 0 Å². The standard InChI is InChI=1S/C16H25BrN2O/c1-11(9-12-5-7-13(17)8-6-12)19-15(20)10-14(18)16(2,3)4/h5-8,11,14H,9-10,18H2,1-4H3,(H,19,20). The Morgan fingerprint density at radius 2 is 1.85 bits per heavy atom. The maximum absolute atomic E-state index is 12.0. The Morgan fingerprint density at radius 1 is 1.30 bits per heavy atom. The summed E-state index contributed by atoms with van der Waals surface area (Å²) in [6.07, 6.45) is 1.19. The van der Waals surface area contributed by atoms with Crippen molar-refractivity contribution in [2.45, 2.75) is 52.6 Å². The Morgan fingerprint density at radius 3 is 2.35 bits per heavy atom. The topological polar surface area (TPSA) is 55.1 Å². The fraction of sp³-hybridized carbons (Fsp3) is 0.562. The number of amides is 1. The van der Waals surface area contributed by atoms with E-state index in [0.717, 1.165) is 10.9 Å². The van der Waals surface area contributed by atoms with Gasteiger partial charge in [-0.1, -0.05) is 48.8 Å². The summed E-state index contributed by atoms with van der Waals surface area (Å²) in [5.74, 6) is 0.0250. The van der Waals surface area contributed by atoms with E-state index in [1.165, 1.54) is 5.56 Å². The van der Waals surface area contributed by atoms with Gasteiger partial charge in [0.05, 0.1) is 0 Å². The normalized spacial score (nSPS) is 14.7. The Balaban J connectivity index is 2.44. The molecule has 0 heterocycles. The van der Waals surface area contributed by atoms with Gasteiger partial charge in [0.1, 0.15) is 0 Å². The molecule has 0 aliphatic carbocycles. The zero-order valence-electron chi connectivity index (χ0n) is 12.7. The molecule has 2 atom stereocenters. The quantitative estimate of drug-likeness (QED) is 0.864.